The first-order chi connectivity index (χ1) is 10.0. The molecular formula is C17H19NO3. The quantitative estimate of drug-likeness (QED) is 0.676. The van der Waals surface area contributed by atoms with Crippen LogP contribution in [0.1, 0.15) is 29.8 Å². The second-order valence-corrected chi connectivity index (χ2v) is 4.97. The molecule has 0 amide bonds. The fraction of sp³-hybridized carbons (Fsp3) is 0.235. The van der Waals surface area contributed by atoms with E-state index in [4.69, 9.17) is 15.2 Å². The van der Waals surface area contributed by atoms with Crippen molar-refractivity contribution in [3.05, 3.63) is 53.6 Å². The van der Waals surface area contributed by atoms with Gasteiger partial charge in [0.2, 0.25) is 0 Å². The van der Waals surface area contributed by atoms with Crippen molar-refractivity contribution in [1.82, 2.24) is 0 Å². The molecule has 0 aliphatic carbocycles. The maximum atomic E-state index is 12.5. The summed E-state index contributed by atoms with van der Waals surface area (Å²) in [6.45, 7) is 3.91. The first-order valence-electron chi connectivity index (χ1n) is 6.76. The summed E-state index contributed by atoms with van der Waals surface area (Å²) in [4.78, 5) is 12.5. The van der Waals surface area contributed by atoms with Gasteiger partial charge >= 0.3 is 0 Å². The second kappa shape index (κ2) is 6.31. The Hall–Kier alpha value is -2.49. The molecule has 110 valence electrons. The molecule has 2 rings (SSSR count). The highest BCUT2D eigenvalue weighted by Crippen LogP contribution is 2.23. The lowest BCUT2D eigenvalue weighted by molar-refractivity contribution is 0.103. The number of nitrogens with two attached hydrogens (primary N) is 1. The molecule has 0 saturated carbocycles. The van der Waals surface area contributed by atoms with Crippen LogP contribution < -0.4 is 15.2 Å². The predicted molar refractivity (Wildman–Crippen MR) is 83.0 cm³/mol. The van der Waals surface area contributed by atoms with E-state index in [1.165, 1.54) is 0 Å². The Morgan fingerprint density at radius 2 is 1.67 bits per heavy atom. The number of methoxy groups -OCH3 is 1. The predicted octanol–water partition coefficient (Wildman–Crippen LogP) is 3.30. The molecule has 2 N–H and O–H groups in total. The van der Waals surface area contributed by atoms with Gasteiger partial charge in [0.1, 0.15) is 11.5 Å². The molecular weight excluding hydrogens is 266 g/mol. The van der Waals surface area contributed by atoms with E-state index in [0.717, 1.165) is 5.75 Å². The molecule has 0 aliphatic rings. The van der Waals surface area contributed by atoms with E-state index >= 15 is 0 Å². The monoisotopic (exact) mass is 285 g/mol. The van der Waals surface area contributed by atoms with Crippen molar-refractivity contribution in [2.75, 3.05) is 12.8 Å². The zero-order valence-corrected chi connectivity index (χ0v) is 12.4. The Kier molecular flexibility index (Phi) is 4.48. The van der Waals surface area contributed by atoms with E-state index in [2.05, 4.69) is 0 Å². The van der Waals surface area contributed by atoms with E-state index in [1.54, 1.807) is 49.6 Å². The van der Waals surface area contributed by atoms with Crippen molar-refractivity contribution in [1.29, 1.82) is 0 Å². The highest BCUT2D eigenvalue weighted by molar-refractivity contribution is 6.12. The van der Waals surface area contributed by atoms with Crippen LogP contribution in [0.2, 0.25) is 0 Å². The van der Waals surface area contributed by atoms with Crippen LogP contribution in [0, 0.1) is 0 Å². The van der Waals surface area contributed by atoms with Crippen LogP contribution in [0.25, 0.3) is 0 Å². The molecule has 4 nitrogen and oxygen atoms in total. The van der Waals surface area contributed by atoms with Gasteiger partial charge in [-0.3, -0.25) is 4.79 Å². The average molecular weight is 285 g/mol. The summed E-state index contributed by atoms with van der Waals surface area (Å²) in [6.07, 6.45) is 0.0978. The molecule has 0 spiro atoms. The Bertz CT molecular complexity index is 633. The number of carbonyl (C=O) groups is 1. The van der Waals surface area contributed by atoms with Gasteiger partial charge in [-0.2, -0.15) is 0 Å². The number of ketones is 1. The van der Waals surface area contributed by atoms with E-state index in [1.807, 2.05) is 13.8 Å². The summed E-state index contributed by atoms with van der Waals surface area (Å²) in [5, 5.41) is 0. The highest BCUT2D eigenvalue weighted by atomic mass is 16.5. The minimum Gasteiger partial charge on any atom is -0.497 e. The van der Waals surface area contributed by atoms with Crippen molar-refractivity contribution >= 4 is 11.5 Å². The third kappa shape index (κ3) is 3.54. The maximum Gasteiger partial charge on any atom is 0.195 e. The standard InChI is InChI=1S/C17H19NO3/c1-11(2)21-13-6-4-12(5-7-13)17(19)15-10-14(20-3)8-9-16(15)18/h4-11H,18H2,1-3H3. The van der Waals surface area contributed by atoms with Gasteiger partial charge in [-0.15, -0.1) is 0 Å². The summed E-state index contributed by atoms with van der Waals surface area (Å²) < 4.78 is 10.7. The topological polar surface area (TPSA) is 61.5 Å². The minimum atomic E-state index is -0.137. The smallest absolute Gasteiger partial charge is 0.195 e. The number of hydrogen-bond acceptors (Lipinski definition) is 4. The molecule has 0 aromatic heterocycles. The van der Waals surface area contributed by atoms with Crippen molar-refractivity contribution in [3.63, 3.8) is 0 Å². The minimum absolute atomic E-state index is 0.0978. The van der Waals surface area contributed by atoms with Crippen molar-refractivity contribution < 1.29 is 14.3 Å². The van der Waals surface area contributed by atoms with Crippen molar-refractivity contribution in [3.8, 4) is 11.5 Å². The number of rotatable bonds is 5. The fourth-order valence-electron chi connectivity index (χ4n) is 1.97. The molecule has 0 fully saturated rings. The number of hydrogen-bond donors (Lipinski definition) is 1. The number of benzene rings is 2. The van der Waals surface area contributed by atoms with Crippen LogP contribution in [0.5, 0.6) is 11.5 Å². The zero-order chi connectivity index (χ0) is 15.4. The maximum absolute atomic E-state index is 12.5. The SMILES string of the molecule is COc1ccc(N)c(C(=O)c2ccc(OC(C)C)cc2)c1. The number of anilines is 1. The number of ether oxygens (including phenoxy) is 2. The Morgan fingerprint density at radius 1 is 1.05 bits per heavy atom. The molecule has 0 radical (unpaired) electrons. The third-order valence-electron chi connectivity index (χ3n) is 2.99. The van der Waals surface area contributed by atoms with E-state index < -0.39 is 0 Å². The van der Waals surface area contributed by atoms with Gasteiger partial charge < -0.3 is 15.2 Å². The van der Waals surface area contributed by atoms with Crippen molar-refractivity contribution in [2.45, 2.75) is 20.0 Å². The van der Waals surface area contributed by atoms with Crippen LogP contribution in [0.15, 0.2) is 42.5 Å². The van der Waals surface area contributed by atoms with Gasteiger partial charge in [0.25, 0.3) is 0 Å². The molecule has 0 unspecified atom stereocenters. The Balaban J connectivity index is 2.27. The Labute approximate surface area is 124 Å². The lowest BCUT2D eigenvalue weighted by atomic mass is 10.0. The average Bonchev–Trinajstić information content (AvgIpc) is 2.47. The van der Waals surface area contributed by atoms with Crippen molar-refractivity contribution in [2.24, 2.45) is 0 Å². The van der Waals surface area contributed by atoms with Gasteiger partial charge in [0.15, 0.2) is 5.78 Å². The molecule has 21 heavy (non-hydrogen) atoms. The first-order valence-corrected chi connectivity index (χ1v) is 6.76. The summed E-state index contributed by atoms with van der Waals surface area (Å²) in [7, 11) is 1.55. The van der Waals surface area contributed by atoms with Gasteiger partial charge in [-0.05, 0) is 56.3 Å². The van der Waals surface area contributed by atoms with Gasteiger partial charge in [0.05, 0.1) is 13.2 Å². The third-order valence-corrected chi connectivity index (χ3v) is 2.99. The van der Waals surface area contributed by atoms with Crippen LogP contribution >= 0.6 is 0 Å². The van der Waals surface area contributed by atoms with Crippen LogP contribution in [-0.2, 0) is 0 Å². The Morgan fingerprint density at radius 3 is 2.24 bits per heavy atom. The second-order valence-electron chi connectivity index (χ2n) is 4.97. The molecule has 0 atom stereocenters. The lowest BCUT2D eigenvalue weighted by Gasteiger charge is -2.11. The molecule has 0 bridgehead atoms. The number of carbonyl (C=O) groups excluding carboxylic acids is 1. The number of nitrogen functional groups attached to an aromatic ring is 1. The normalized spacial score (nSPS) is 10.5. The summed E-state index contributed by atoms with van der Waals surface area (Å²) in [5.74, 6) is 1.20. The summed E-state index contributed by atoms with van der Waals surface area (Å²) in [6, 6.07) is 12.1. The molecule has 2 aromatic rings. The fourth-order valence-corrected chi connectivity index (χ4v) is 1.97. The molecule has 0 heterocycles. The van der Waals surface area contributed by atoms with Gasteiger partial charge in [-0.1, -0.05) is 0 Å². The lowest BCUT2D eigenvalue weighted by Crippen LogP contribution is -2.07. The molecule has 4 heteroatoms. The summed E-state index contributed by atoms with van der Waals surface area (Å²) in [5.41, 5.74) is 7.31. The van der Waals surface area contributed by atoms with Crippen LogP contribution in [-0.4, -0.2) is 19.0 Å². The van der Waals surface area contributed by atoms with Crippen LogP contribution in [0.4, 0.5) is 5.69 Å². The van der Waals surface area contributed by atoms with Crippen LogP contribution in [0.3, 0.4) is 0 Å². The molecule has 2 aromatic carbocycles. The van der Waals surface area contributed by atoms with Gasteiger partial charge in [0, 0.05) is 16.8 Å². The summed E-state index contributed by atoms with van der Waals surface area (Å²) >= 11 is 0. The zero-order valence-electron chi connectivity index (χ0n) is 12.4. The molecule has 0 aliphatic heterocycles. The van der Waals surface area contributed by atoms with E-state index in [9.17, 15) is 4.79 Å². The van der Waals surface area contributed by atoms with E-state index in [-0.39, 0.29) is 11.9 Å². The highest BCUT2D eigenvalue weighted by Gasteiger charge is 2.13. The van der Waals surface area contributed by atoms with E-state index in [0.29, 0.717) is 22.6 Å². The van der Waals surface area contributed by atoms with Gasteiger partial charge in [-0.25, -0.2) is 0 Å². The molecule has 0 saturated heterocycles. The first kappa shape index (κ1) is 14.9. The largest absolute Gasteiger partial charge is 0.497 e.